The summed E-state index contributed by atoms with van der Waals surface area (Å²) in [6.45, 7) is 7.42. The number of halogens is 1. The third-order valence-electron chi connectivity index (χ3n) is 6.90. The molecule has 9 nitrogen and oxygen atoms in total. The van der Waals surface area contributed by atoms with E-state index in [0.29, 0.717) is 42.6 Å². The van der Waals surface area contributed by atoms with Crippen molar-refractivity contribution in [3.05, 3.63) is 63.4 Å². The number of morpholine rings is 1. The van der Waals surface area contributed by atoms with Gasteiger partial charge >= 0.3 is 5.56 Å². The number of thioether (sulfide) groups is 1. The zero-order valence-electron chi connectivity index (χ0n) is 23.6. The van der Waals surface area contributed by atoms with Crippen LogP contribution in [0.1, 0.15) is 44.1 Å². The number of ether oxygens (including phenoxy) is 2. The Morgan fingerprint density at radius 2 is 2.02 bits per heavy atom. The van der Waals surface area contributed by atoms with Crippen molar-refractivity contribution in [2.24, 2.45) is 0 Å². The number of imidazole rings is 1. The van der Waals surface area contributed by atoms with Gasteiger partial charge in [0.05, 0.1) is 18.8 Å². The second kappa shape index (κ2) is 12.7. The molecule has 4 heterocycles. The van der Waals surface area contributed by atoms with E-state index >= 15 is 0 Å². The second-order valence-electron chi connectivity index (χ2n) is 10.2. The number of unbranched alkanes of at least 4 members (excludes halogenated alkanes) is 1. The summed E-state index contributed by atoms with van der Waals surface area (Å²) in [6, 6.07) is 4.78. The van der Waals surface area contributed by atoms with Crippen LogP contribution in [0.4, 0.5) is 4.39 Å². The molecule has 0 aliphatic carbocycles. The van der Waals surface area contributed by atoms with E-state index in [1.54, 1.807) is 34.1 Å². The number of benzene rings is 1. The molecule has 1 saturated heterocycles. The first-order valence-corrected chi connectivity index (χ1v) is 15.8. The molecule has 2 atom stereocenters. The number of hydrogen-bond acceptors (Lipinski definition) is 8. The molecule has 0 N–H and O–H groups in total. The summed E-state index contributed by atoms with van der Waals surface area (Å²) in [5.74, 6) is 0.150. The van der Waals surface area contributed by atoms with Crippen LogP contribution in [0.25, 0.3) is 16.5 Å². The maximum atomic E-state index is 13.8. The summed E-state index contributed by atoms with van der Waals surface area (Å²) in [5, 5.41) is 0.550. The van der Waals surface area contributed by atoms with E-state index in [1.807, 2.05) is 20.1 Å². The number of fused-ring (bicyclic) bond motifs is 1. The van der Waals surface area contributed by atoms with Crippen molar-refractivity contribution in [3.63, 3.8) is 0 Å². The van der Waals surface area contributed by atoms with Crippen LogP contribution in [0.15, 0.2) is 46.5 Å². The minimum Gasteiger partial charge on any atom is -0.486 e. The number of aromatic nitrogens is 4. The van der Waals surface area contributed by atoms with Gasteiger partial charge in [0, 0.05) is 47.9 Å². The van der Waals surface area contributed by atoms with Crippen LogP contribution in [0.5, 0.6) is 5.75 Å². The summed E-state index contributed by atoms with van der Waals surface area (Å²) in [7, 11) is 0. The van der Waals surface area contributed by atoms with Gasteiger partial charge < -0.3 is 18.9 Å². The van der Waals surface area contributed by atoms with E-state index < -0.39 is 0 Å². The molecule has 3 aromatic heterocycles. The first kappa shape index (κ1) is 29.3. The summed E-state index contributed by atoms with van der Waals surface area (Å²) in [6.07, 6.45) is 9.19. The smallest absolute Gasteiger partial charge is 0.302 e. The third-order valence-corrected chi connectivity index (χ3v) is 8.72. The predicted octanol–water partition coefficient (Wildman–Crippen LogP) is 4.89. The van der Waals surface area contributed by atoms with Crippen LogP contribution in [-0.2, 0) is 22.5 Å². The van der Waals surface area contributed by atoms with Crippen molar-refractivity contribution in [3.8, 4) is 16.5 Å². The van der Waals surface area contributed by atoms with Crippen LogP contribution < -0.4 is 10.3 Å². The molecule has 0 radical (unpaired) electrons. The molecule has 1 fully saturated rings. The average molecular weight is 600 g/mol. The van der Waals surface area contributed by atoms with Crippen molar-refractivity contribution in [2.75, 3.05) is 26.0 Å². The monoisotopic (exact) mass is 599 g/mol. The summed E-state index contributed by atoms with van der Waals surface area (Å²) in [5.41, 5.74) is 1.00. The molecule has 4 aromatic rings. The molecule has 218 valence electrons. The van der Waals surface area contributed by atoms with Crippen molar-refractivity contribution < 1.29 is 18.7 Å². The predicted molar refractivity (Wildman–Crippen MR) is 159 cm³/mol. The molecule has 1 aromatic carbocycles. The van der Waals surface area contributed by atoms with Crippen molar-refractivity contribution >= 4 is 34.8 Å². The SMILES string of the molecule is CCCCOc1c(-c2ncc(Cc3ccc(F)cc3SC)s2)nc2n(CC(=O)N3C[C@@H](C)O[C@H](C)C3)ccn2c1=O. The largest absolute Gasteiger partial charge is 0.486 e. The summed E-state index contributed by atoms with van der Waals surface area (Å²) >= 11 is 2.91. The van der Waals surface area contributed by atoms with Crippen LogP contribution >= 0.6 is 23.1 Å². The van der Waals surface area contributed by atoms with Gasteiger partial charge in [0.2, 0.25) is 17.4 Å². The number of carbonyl (C=O) groups excluding carboxylic acids is 1. The lowest BCUT2D eigenvalue weighted by molar-refractivity contribution is -0.143. The van der Waals surface area contributed by atoms with Crippen LogP contribution in [0, 0.1) is 5.82 Å². The maximum absolute atomic E-state index is 13.8. The van der Waals surface area contributed by atoms with Crippen molar-refractivity contribution in [2.45, 2.75) is 63.7 Å². The zero-order chi connectivity index (χ0) is 29.1. The average Bonchev–Trinajstić information content (AvgIpc) is 3.57. The van der Waals surface area contributed by atoms with Crippen LogP contribution in [-0.4, -0.2) is 67.9 Å². The number of nitrogens with zero attached hydrogens (tertiary/aromatic N) is 5. The van der Waals surface area contributed by atoms with Gasteiger partial charge in [-0.3, -0.25) is 9.59 Å². The molecular weight excluding hydrogens is 565 g/mol. The minimum atomic E-state index is -0.346. The van der Waals surface area contributed by atoms with Crippen molar-refractivity contribution in [1.29, 1.82) is 0 Å². The topological polar surface area (TPSA) is 91.0 Å². The second-order valence-corrected chi connectivity index (χ2v) is 12.2. The first-order chi connectivity index (χ1) is 19.8. The van der Waals surface area contributed by atoms with Crippen LogP contribution in [0.3, 0.4) is 0 Å². The molecule has 41 heavy (non-hydrogen) atoms. The Hall–Kier alpha value is -3.22. The minimum absolute atomic E-state index is 0.0414. The standard InChI is InChI=1S/C29H34FN5O4S2/c1-5-6-11-38-26-25(27-31-14-22(41-27)12-20-7-8-21(30)13-23(20)40-4)32-29-33(9-10-35(29)28(26)37)17-24(36)34-15-18(2)39-19(3)16-34/h7-10,13-14,18-19H,5-6,11-12,15-17H2,1-4H3/t18-,19-/m1/s1. The van der Waals surface area contributed by atoms with Crippen LogP contribution in [0.2, 0.25) is 0 Å². The van der Waals surface area contributed by atoms with Gasteiger partial charge in [-0.25, -0.2) is 18.8 Å². The first-order valence-electron chi connectivity index (χ1n) is 13.7. The quantitative estimate of drug-likeness (QED) is 0.189. The van der Waals surface area contributed by atoms with E-state index in [0.717, 1.165) is 28.2 Å². The molecule has 0 bridgehead atoms. The fraction of sp³-hybridized carbons (Fsp3) is 0.448. The lowest BCUT2D eigenvalue weighted by Gasteiger charge is -2.35. The van der Waals surface area contributed by atoms with Gasteiger partial charge in [-0.1, -0.05) is 19.4 Å². The summed E-state index contributed by atoms with van der Waals surface area (Å²) in [4.78, 5) is 39.9. The number of hydrogen-bond donors (Lipinski definition) is 0. The molecular formula is C29H34FN5O4S2. The highest BCUT2D eigenvalue weighted by Crippen LogP contribution is 2.32. The Labute approximate surface area is 246 Å². The van der Waals surface area contributed by atoms with E-state index in [1.165, 1.54) is 39.6 Å². The number of thiazole rings is 1. The van der Waals surface area contributed by atoms with Gasteiger partial charge in [-0.05, 0) is 44.2 Å². The Morgan fingerprint density at radius 3 is 2.76 bits per heavy atom. The lowest BCUT2D eigenvalue weighted by Crippen LogP contribution is -2.49. The highest BCUT2D eigenvalue weighted by atomic mass is 32.2. The molecule has 5 rings (SSSR count). The van der Waals surface area contributed by atoms with Gasteiger partial charge in [0.15, 0.2) is 5.69 Å². The normalized spacial score (nSPS) is 17.3. The van der Waals surface area contributed by atoms with E-state index in [-0.39, 0.29) is 41.8 Å². The lowest BCUT2D eigenvalue weighted by atomic mass is 10.1. The van der Waals surface area contributed by atoms with Gasteiger partial charge in [-0.2, -0.15) is 0 Å². The van der Waals surface area contributed by atoms with Gasteiger partial charge in [0.1, 0.15) is 17.4 Å². The highest BCUT2D eigenvalue weighted by molar-refractivity contribution is 7.98. The molecule has 12 heteroatoms. The zero-order valence-corrected chi connectivity index (χ0v) is 25.3. The van der Waals surface area contributed by atoms with E-state index in [2.05, 4.69) is 11.9 Å². The number of carbonyl (C=O) groups is 1. The highest BCUT2D eigenvalue weighted by Gasteiger charge is 2.27. The molecule has 1 aliphatic rings. The Balaban J connectivity index is 1.49. The molecule has 0 saturated carbocycles. The summed E-state index contributed by atoms with van der Waals surface area (Å²) < 4.78 is 28.6. The van der Waals surface area contributed by atoms with Crippen molar-refractivity contribution in [1.82, 2.24) is 23.8 Å². The Kier molecular flexibility index (Phi) is 9.10. The fourth-order valence-electron chi connectivity index (χ4n) is 4.95. The Bertz CT molecular complexity index is 1590. The molecule has 1 aliphatic heterocycles. The third kappa shape index (κ3) is 6.49. The van der Waals surface area contributed by atoms with Gasteiger partial charge in [-0.15, -0.1) is 23.1 Å². The Morgan fingerprint density at radius 1 is 1.24 bits per heavy atom. The molecule has 0 spiro atoms. The van der Waals surface area contributed by atoms with E-state index in [4.69, 9.17) is 14.5 Å². The molecule has 0 unspecified atom stereocenters. The van der Waals surface area contributed by atoms with E-state index in [9.17, 15) is 14.0 Å². The number of amides is 1. The molecule has 1 amide bonds. The van der Waals surface area contributed by atoms with Gasteiger partial charge in [0.25, 0.3) is 0 Å². The fourth-order valence-corrected chi connectivity index (χ4v) is 6.51. The number of rotatable bonds is 10. The maximum Gasteiger partial charge on any atom is 0.302 e.